The van der Waals surface area contributed by atoms with Crippen LogP contribution < -0.4 is 11.1 Å². The molecule has 1 aromatic rings. The Kier molecular flexibility index (Phi) is 5.73. The van der Waals surface area contributed by atoms with E-state index in [2.05, 4.69) is 48.1 Å². The molecule has 20 heavy (non-hydrogen) atoms. The Morgan fingerprint density at radius 3 is 2.65 bits per heavy atom. The van der Waals surface area contributed by atoms with Crippen LogP contribution in [0.3, 0.4) is 0 Å². The molecular formula is C15H20BrN3O. The lowest BCUT2D eigenvalue weighted by molar-refractivity contribution is -0.120. The molecule has 0 spiro atoms. The fourth-order valence-corrected chi connectivity index (χ4v) is 2.34. The van der Waals surface area contributed by atoms with Crippen LogP contribution >= 0.6 is 15.9 Å². The molecular weight excluding hydrogens is 318 g/mol. The van der Waals surface area contributed by atoms with Gasteiger partial charge in [0.15, 0.2) is 0 Å². The van der Waals surface area contributed by atoms with Gasteiger partial charge in [0.1, 0.15) is 6.07 Å². The Morgan fingerprint density at radius 2 is 2.15 bits per heavy atom. The molecule has 1 rings (SSSR count). The minimum atomic E-state index is -0.259. The monoisotopic (exact) mass is 337 g/mol. The van der Waals surface area contributed by atoms with E-state index >= 15 is 0 Å². The molecule has 0 fully saturated rings. The van der Waals surface area contributed by atoms with Crippen LogP contribution in [0.2, 0.25) is 0 Å². The summed E-state index contributed by atoms with van der Waals surface area (Å²) in [5.74, 6) is -0.397. The Morgan fingerprint density at radius 1 is 1.50 bits per heavy atom. The van der Waals surface area contributed by atoms with Crippen molar-refractivity contribution < 1.29 is 4.79 Å². The topological polar surface area (TPSA) is 78.9 Å². The molecule has 1 unspecified atom stereocenters. The number of nitrogens with one attached hydrogen (secondary N) is 1. The van der Waals surface area contributed by atoms with E-state index in [9.17, 15) is 4.79 Å². The third kappa shape index (κ3) is 4.95. The van der Waals surface area contributed by atoms with Crippen LogP contribution in [0.1, 0.15) is 32.8 Å². The molecule has 0 radical (unpaired) electrons. The van der Waals surface area contributed by atoms with Gasteiger partial charge in [-0.15, -0.1) is 0 Å². The van der Waals surface area contributed by atoms with E-state index in [0.29, 0.717) is 24.2 Å². The quantitative estimate of drug-likeness (QED) is 0.884. The number of amides is 1. The molecule has 0 saturated heterocycles. The van der Waals surface area contributed by atoms with Crippen LogP contribution in [0, 0.1) is 22.7 Å². The van der Waals surface area contributed by atoms with Crippen LogP contribution in [0.4, 0.5) is 5.69 Å². The van der Waals surface area contributed by atoms with E-state index in [1.54, 1.807) is 18.2 Å². The van der Waals surface area contributed by atoms with Crippen molar-refractivity contribution in [2.24, 2.45) is 17.1 Å². The third-order valence-corrected chi connectivity index (χ3v) is 3.37. The third-order valence-electron chi connectivity index (χ3n) is 2.87. The highest BCUT2D eigenvalue weighted by Gasteiger charge is 2.24. The molecule has 0 aromatic heterocycles. The summed E-state index contributed by atoms with van der Waals surface area (Å²) in [4.78, 5) is 12.3. The zero-order valence-corrected chi connectivity index (χ0v) is 13.6. The molecule has 0 heterocycles. The van der Waals surface area contributed by atoms with Gasteiger partial charge in [0.05, 0.1) is 17.2 Å². The lowest BCUT2D eigenvalue weighted by atomic mass is 9.84. The van der Waals surface area contributed by atoms with Gasteiger partial charge in [0.25, 0.3) is 0 Å². The average molecular weight is 338 g/mol. The van der Waals surface area contributed by atoms with Crippen molar-refractivity contribution in [2.45, 2.75) is 27.2 Å². The Bertz CT molecular complexity index is 529. The number of nitrogens with two attached hydrogens (primary N) is 1. The molecule has 1 atom stereocenters. The molecule has 0 aliphatic rings. The van der Waals surface area contributed by atoms with Gasteiger partial charge in [-0.25, -0.2) is 0 Å². The predicted octanol–water partition coefficient (Wildman–Crippen LogP) is 3.27. The summed E-state index contributed by atoms with van der Waals surface area (Å²) in [5.41, 5.74) is 6.67. The van der Waals surface area contributed by atoms with Crippen molar-refractivity contribution in [2.75, 3.05) is 11.9 Å². The number of carbonyl (C=O) groups excluding carboxylic acids is 1. The zero-order valence-electron chi connectivity index (χ0n) is 12.0. The number of hydrogen-bond donors (Lipinski definition) is 2. The summed E-state index contributed by atoms with van der Waals surface area (Å²) in [6, 6.07) is 7.25. The van der Waals surface area contributed by atoms with E-state index in [4.69, 9.17) is 11.0 Å². The van der Waals surface area contributed by atoms with Gasteiger partial charge in [-0.05, 0) is 30.0 Å². The van der Waals surface area contributed by atoms with Crippen LogP contribution in [-0.2, 0) is 4.79 Å². The highest BCUT2D eigenvalue weighted by Crippen LogP contribution is 2.26. The molecule has 0 aliphatic heterocycles. The first-order chi connectivity index (χ1) is 9.26. The molecule has 108 valence electrons. The second-order valence-corrected chi connectivity index (χ2v) is 6.90. The predicted molar refractivity (Wildman–Crippen MR) is 84.1 cm³/mol. The van der Waals surface area contributed by atoms with E-state index in [-0.39, 0.29) is 17.2 Å². The summed E-state index contributed by atoms with van der Waals surface area (Å²) >= 11 is 3.30. The summed E-state index contributed by atoms with van der Waals surface area (Å²) in [6.45, 7) is 6.51. The van der Waals surface area contributed by atoms with E-state index in [1.165, 1.54) is 0 Å². The highest BCUT2D eigenvalue weighted by molar-refractivity contribution is 9.10. The smallest absolute Gasteiger partial charge is 0.228 e. The minimum Gasteiger partial charge on any atom is -0.330 e. The van der Waals surface area contributed by atoms with Crippen molar-refractivity contribution in [3.05, 3.63) is 28.2 Å². The van der Waals surface area contributed by atoms with E-state index in [1.807, 2.05) is 0 Å². The molecule has 0 saturated carbocycles. The number of benzene rings is 1. The SMILES string of the molecule is CC(C)(C)CC(CN)C(=O)Nc1ccc(Br)cc1C#N. The number of carbonyl (C=O) groups is 1. The van der Waals surface area contributed by atoms with Crippen molar-refractivity contribution >= 4 is 27.5 Å². The second-order valence-electron chi connectivity index (χ2n) is 5.99. The first kappa shape index (κ1) is 16.7. The Labute approximate surface area is 128 Å². The summed E-state index contributed by atoms with van der Waals surface area (Å²) in [6.07, 6.45) is 0.702. The van der Waals surface area contributed by atoms with E-state index in [0.717, 1.165) is 4.47 Å². The fourth-order valence-electron chi connectivity index (χ4n) is 1.98. The number of rotatable bonds is 4. The van der Waals surface area contributed by atoms with Crippen molar-refractivity contribution in [3.63, 3.8) is 0 Å². The molecule has 5 heteroatoms. The highest BCUT2D eigenvalue weighted by atomic mass is 79.9. The molecule has 4 nitrogen and oxygen atoms in total. The van der Waals surface area contributed by atoms with E-state index < -0.39 is 0 Å². The van der Waals surface area contributed by atoms with Crippen LogP contribution in [0.15, 0.2) is 22.7 Å². The van der Waals surface area contributed by atoms with Crippen molar-refractivity contribution in [1.29, 1.82) is 5.26 Å². The van der Waals surface area contributed by atoms with Crippen LogP contribution in [-0.4, -0.2) is 12.5 Å². The maximum absolute atomic E-state index is 12.3. The largest absolute Gasteiger partial charge is 0.330 e. The standard InChI is InChI=1S/C15H20BrN3O/c1-15(2,3)7-11(9-18)14(20)19-13-5-4-12(16)6-10(13)8-17/h4-6,11H,7,9,18H2,1-3H3,(H,19,20). The van der Waals surface area contributed by atoms with Gasteiger partial charge in [0, 0.05) is 11.0 Å². The maximum atomic E-state index is 12.3. The van der Waals surface area contributed by atoms with Gasteiger partial charge in [-0.3, -0.25) is 4.79 Å². The van der Waals surface area contributed by atoms with Crippen LogP contribution in [0.25, 0.3) is 0 Å². The van der Waals surface area contributed by atoms with Crippen molar-refractivity contribution in [1.82, 2.24) is 0 Å². The molecule has 0 aliphatic carbocycles. The number of hydrogen-bond acceptors (Lipinski definition) is 3. The number of nitrogens with zero attached hydrogens (tertiary/aromatic N) is 1. The average Bonchev–Trinajstić information content (AvgIpc) is 2.36. The zero-order chi connectivity index (χ0) is 15.3. The van der Waals surface area contributed by atoms with Crippen LogP contribution in [0.5, 0.6) is 0 Å². The fraction of sp³-hybridized carbons (Fsp3) is 0.467. The minimum absolute atomic E-state index is 0.0269. The number of anilines is 1. The van der Waals surface area contributed by atoms with Gasteiger partial charge in [-0.1, -0.05) is 36.7 Å². The maximum Gasteiger partial charge on any atom is 0.228 e. The first-order valence-corrected chi connectivity index (χ1v) is 7.26. The normalized spacial score (nSPS) is 12.6. The van der Waals surface area contributed by atoms with Crippen molar-refractivity contribution in [3.8, 4) is 6.07 Å². The molecule has 1 aromatic carbocycles. The molecule has 3 N–H and O–H groups in total. The first-order valence-electron chi connectivity index (χ1n) is 6.47. The van der Waals surface area contributed by atoms with Gasteiger partial charge in [-0.2, -0.15) is 5.26 Å². The summed E-state index contributed by atoms with van der Waals surface area (Å²) in [7, 11) is 0. The summed E-state index contributed by atoms with van der Waals surface area (Å²) < 4.78 is 0.803. The number of nitriles is 1. The molecule has 1 amide bonds. The van der Waals surface area contributed by atoms with Gasteiger partial charge in [0.2, 0.25) is 5.91 Å². The van der Waals surface area contributed by atoms with Gasteiger partial charge < -0.3 is 11.1 Å². The number of halogens is 1. The Balaban J connectivity index is 2.87. The lowest BCUT2D eigenvalue weighted by Gasteiger charge is -2.24. The second kappa shape index (κ2) is 6.87. The summed E-state index contributed by atoms with van der Waals surface area (Å²) in [5, 5.41) is 11.9. The van der Waals surface area contributed by atoms with Gasteiger partial charge >= 0.3 is 0 Å². The lowest BCUT2D eigenvalue weighted by Crippen LogP contribution is -2.32. The molecule has 0 bridgehead atoms. The Hall–Kier alpha value is -1.38.